The van der Waals surface area contributed by atoms with Gasteiger partial charge in [-0.3, -0.25) is 4.79 Å². The van der Waals surface area contributed by atoms with Crippen LogP contribution in [0.4, 0.5) is 0 Å². The second-order valence-electron chi connectivity index (χ2n) is 4.55. The zero-order chi connectivity index (χ0) is 14.4. The maximum absolute atomic E-state index is 12.0. The minimum atomic E-state index is -0.444. The van der Waals surface area contributed by atoms with Crippen LogP contribution in [0.1, 0.15) is 25.3 Å². The summed E-state index contributed by atoms with van der Waals surface area (Å²) in [5, 5.41) is 0.620. The molecule has 1 aromatic carbocycles. The first-order valence-corrected chi connectivity index (χ1v) is 6.70. The van der Waals surface area contributed by atoms with Crippen molar-refractivity contribution < 1.29 is 9.53 Å². The smallest absolute Gasteiger partial charge is 0.239 e. The van der Waals surface area contributed by atoms with E-state index in [0.29, 0.717) is 23.7 Å². The second kappa shape index (κ2) is 7.36. The molecule has 1 amide bonds. The highest BCUT2D eigenvalue weighted by Gasteiger charge is 2.18. The van der Waals surface area contributed by atoms with Gasteiger partial charge in [-0.1, -0.05) is 24.9 Å². The largest absolute Gasteiger partial charge is 0.496 e. The van der Waals surface area contributed by atoms with Gasteiger partial charge in [-0.25, -0.2) is 0 Å². The standard InChI is InChI=1S/C14H21ClN2O2/c1-4-5-12(16)14(18)17(2)9-10-8-11(15)6-7-13(10)19-3/h6-8,12H,4-5,9,16H2,1-3H3. The Morgan fingerprint density at radius 3 is 2.79 bits per heavy atom. The van der Waals surface area contributed by atoms with Crippen LogP contribution >= 0.6 is 11.6 Å². The van der Waals surface area contributed by atoms with Crippen LogP contribution < -0.4 is 10.5 Å². The molecule has 0 spiro atoms. The Morgan fingerprint density at radius 1 is 1.53 bits per heavy atom. The van der Waals surface area contributed by atoms with Crippen molar-refractivity contribution in [2.24, 2.45) is 5.73 Å². The number of nitrogens with zero attached hydrogens (tertiary/aromatic N) is 1. The predicted octanol–water partition coefficient (Wildman–Crippen LogP) is 2.43. The molecule has 1 aromatic rings. The lowest BCUT2D eigenvalue weighted by molar-refractivity contribution is -0.132. The maximum Gasteiger partial charge on any atom is 0.239 e. The summed E-state index contributed by atoms with van der Waals surface area (Å²) >= 11 is 5.97. The third kappa shape index (κ3) is 4.40. The summed E-state index contributed by atoms with van der Waals surface area (Å²) in [4.78, 5) is 13.7. The number of carbonyl (C=O) groups is 1. The summed E-state index contributed by atoms with van der Waals surface area (Å²) < 4.78 is 5.26. The van der Waals surface area contributed by atoms with E-state index in [9.17, 15) is 4.79 Å². The fraction of sp³-hybridized carbons (Fsp3) is 0.500. The Hall–Kier alpha value is -1.26. The minimum Gasteiger partial charge on any atom is -0.496 e. The number of hydrogen-bond donors (Lipinski definition) is 1. The average molecular weight is 285 g/mol. The van der Waals surface area contributed by atoms with Gasteiger partial charge in [0.15, 0.2) is 0 Å². The molecule has 5 heteroatoms. The maximum atomic E-state index is 12.0. The number of benzene rings is 1. The van der Waals surface area contributed by atoms with Gasteiger partial charge in [-0.05, 0) is 24.6 Å². The Morgan fingerprint density at radius 2 is 2.21 bits per heavy atom. The van der Waals surface area contributed by atoms with Crippen LogP contribution in [0.2, 0.25) is 5.02 Å². The van der Waals surface area contributed by atoms with Gasteiger partial charge in [0, 0.05) is 24.2 Å². The minimum absolute atomic E-state index is 0.0659. The van der Waals surface area contributed by atoms with Gasteiger partial charge in [0.05, 0.1) is 13.2 Å². The molecule has 0 aliphatic rings. The summed E-state index contributed by atoms with van der Waals surface area (Å²) in [7, 11) is 3.33. The van der Waals surface area contributed by atoms with E-state index in [2.05, 4.69) is 0 Å². The number of amides is 1. The van der Waals surface area contributed by atoms with Crippen molar-refractivity contribution in [2.75, 3.05) is 14.2 Å². The molecule has 19 heavy (non-hydrogen) atoms. The Labute approximate surface area is 119 Å². The molecule has 0 aliphatic heterocycles. The number of likely N-dealkylation sites (N-methyl/N-ethyl adjacent to an activating group) is 1. The second-order valence-corrected chi connectivity index (χ2v) is 4.98. The molecular formula is C14H21ClN2O2. The van der Waals surface area contributed by atoms with E-state index < -0.39 is 6.04 Å². The van der Waals surface area contributed by atoms with E-state index in [-0.39, 0.29) is 5.91 Å². The molecule has 106 valence electrons. The number of halogens is 1. The van der Waals surface area contributed by atoms with Crippen LogP contribution in [0.3, 0.4) is 0 Å². The zero-order valence-corrected chi connectivity index (χ0v) is 12.4. The SMILES string of the molecule is CCCC(N)C(=O)N(C)Cc1cc(Cl)ccc1OC. The van der Waals surface area contributed by atoms with E-state index in [0.717, 1.165) is 12.0 Å². The Balaban J connectivity index is 2.78. The summed E-state index contributed by atoms with van der Waals surface area (Å²) in [6.45, 7) is 2.44. The third-order valence-electron chi connectivity index (χ3n) is 2.94. The normalized spacial score (nSPS) is 12.1. The van der Waals surface area contributed by atoms with E-state index in [4.69, 9.17) is 22.1 Å². The van der Waals surface area contributed by atoms with Crippen LogP contribution in [0.15, 0.2) is 18.2 Å². The van der Waals surface area contributed by atoms with Gasteiger partial charge in [0.1, 0.15) is 5.75 Å². The van der Waals surface area contributed by atoms with E-state index >= 15 is 0 Å². The molecule has 0 heterocycles. The lowest BCUT2D eigenvalue weighted by Gasteiger charge is -2.22. The van der Waals surface area contributed by atoms with Gasteiger partial charge < -0.3 is 15.4 Å². The van der Waals surface area contributed by atoms with Crippen molar-refractivity contribution in [2.45, 2.75) is 32.4 Å². The Kier molecular flexibility index (Phi) is 6.12. The highest BCUT2D eigenvalue weighted by atomic mass is 35.5. The highest BCUT2D eigenvalue weighted by molar-refractivity contribution is 6.30. The molecule has 2 N–H and O–H groups in total. The van der Waals surface area contributed by atoms with Gasteiger partial charge in [0.25, 0.3) is 0 Å². The van der Waals surface area contributed by atoms with Crippen molar-refractivity contribution in [3.63, 3.8) is 0 Å². The number of carbonyl (C=O) groups excluding carboxylic acids is 1. The molecule has 1 atom stereocenters. The summed E-state index contributed by atoms with van der Waals surface area (Å²) in [6, 6.07) is 4.91. The molecule has 0 radical (unpaired) electrons. The monoisotopic (exact) mass is 284 g/mol. The number of ether oxygens (including phenoxy) is 1. The van der Waals surface area contributed by atoms with Crippen LogP contribution in [0, 0.1) is 0 Å². The zero-order valence-electron chi connectivity index (χ0n) is 11.6. The molecule has 1 rings (SSSR count). The molecule has 0 aromatic heterocycles. The summed E-state index contributed by atoms with van der Waals surface area (Å²) in [5.41, 5.74) is 6.70. The van der Waals surface area contributed by atoms with Crippen molar-refractivity contribution in [3.05, 3.63) is 28.8 Å². The van der Waals surface area contributed by atoms with Gasteiger partial charge >= 0.3 is 0 Å². The van der Waals surface area contributed by atoms with Gasteiger partial charge in [0.2, 0.25) is 5.91 Å². The first kappa shape index (κ1) is 15.8. The molecule has 1 unspecified atom stereocenters. The Bertz CT molecular complexity index is 437. The van der Waals surface area contributed by atoms with Crippen molar-refractivity contribution in [1.82, 2.24) is 4.90 Å². The topological polar surface area (TPSA) is 55.6 Å². The van der Waals surface area contributed by atoms with Crippen molar-refractivity contribution >= 4 is 17.5 Å². The molecule has 0 saturated carbocycles. The number of methoxy groups -OCH3 is 1. The van der Waals surface area contributed by atoms with E-state index in [1.807, 2.05) is 6.92 Å². The number of rotatable bonds is 6. The number of hydrogen-bond acceptors (Lipinski definition) is 3. The molecule has 0 aliphatic carbocycles. The number of nitrogens with two attached hydrogens (primary N) is 1. The van der Waals surface area contributed by atoms with Gasteiger partial charge in [-0.2, -0.15) is 0 Å². The van der Waals surface area contributed by atoms with Crippen LogP contribution in [-0.4, -0.2) is 31.0 Å². The first-order chi connectivity index (χ1) is 8.99. The van der Waals surface area contributed by atoms with Crippen molar-refractivity contribution in [3.8, 4) is 5.75 Å². The summed E-state index contributed by atoms with van der Waals surface area (Å²) in [5.74, 6) is 0.650. The first-order valence-electron chi connectivity index (χ1n) is 6.32. The fourth-order valence-electron chi connectivity index (χ4n) is 1.92. The van der Waals surface area contributed by atoms with Crippen LogP contribution in [0.5, 0.6) is 5.75 Å². The molecular weight excluding hydrogens is 264 g/mol. The molecule has 0 bridgehead atoms. The third-order valence-corrected chi connectivity index (χ3v) is 3.18. The van der Waals surface area contributed by atoms with Gasteiger partial charge in [-0.15, -0.1) is 0 Å². The molecule has 4 nitrogen and oxygen atoms in total. The lowest BCUT2D eigenvalue weighted by Crippen LogP contribution is -2.41. The van der Waals surface area contributed by atoms with Crippen LogP contribution in [0.25, 0.3) is 0 Å². The summed E-state index contributed by atoms with van der Waals surface area (Å²) in [6.07, 6.45) is 1.58. The average Bonchev–Trinajstić information content (AvgIpc) is 2.38. The van der Waals surface area contributed by atoms with Crippen LogP contribution in [-0.2, 0) is 11.3 Å². The fourth-order valence-corrected chi connectivity index (χ4v) is 2.12. The lowest BCUT2D eigenvalue weighted by atomic mass is 10.1. The molecule has 0 fully saturated rings. The van der Waals surface area contributed by atoms with Crippen molar-refractivity contribution in [1.29, 1.82) is 0 Å². The van der Waals surface area contributed by atoms with E-state index in [1.165, 1.54) is 0 Å². The van der Waals surface area contributed by atoms with E-state index in [1.54, 1.807) is 37.3 Å². The predicted molar refractivity (Wildman–Crippen MR) is 77.4 cm³/mol. The quantitative estimate of drug-likeness (QED) is 0.873. The molecule has 0 saturated heterocycles. The highest BCUT2D eigenvalue weighted by Crippen LogP contribution is 2.23.